The molecule has 2 aromatic carbocycles. The number of fused-ring (bicyclic) bond motifs is 3. The van der Waals surface area contributed by atoms with Crippen LogP contribution >= 0.6 is 12.4 Å². The van der Waals surface area contributed by atoms with Crippen LogP contribution in [0, 0.1) is 17.2 Å². The molecule has 0 radical (unpaired) electrons. The molecule has 0 amide bonds. The Hall–Kier alpha value is -2.61. The number of benzene rings is 2. The van der Waals surface area contributed by atoms with Crippen molar-refractivity contribution in [3.05, 3.63) is 69.8 Å². The summed E-state index contributed by atoms with van der Waals surface area (Å²) in [5, 5.41) is 12.6. The van der Waals surface area contributed by atoms with Gasteiger partial charge in [0.1, 0.15) is 5.75 Å². The molecule has 4 nitrogen and oxygen atoms in total. The summed E-state index contributed by atoms with van der Waals surface area (Å²) in [7, 11) is 0. The molecule has 3 aliphatic rings. The number of rotatable bonds is 3. The van der Waals surface area contributed by atoms with Crippen molar-refractivity contribution in [2.24, 2.45) is 5.92 Å². The Bertz CT molecular complexity index is 1120. The molecule has 0 saturated carbocycles. The number of allylic oxidation sites excluding steroid dienone is 2. The molecule has 1 heterocycles. The molecule has 2 aromatic rings. The van der Waals surface area contributed by atoms with Gasteiger partial charge in [0.2, 0.25) is 0 Å². The molecule has 0 spiro atoms. The van der Waals surface area contributed by atoms with Gasteiger partial charge in [-0.1, -0.05) is 19.9 Å². The normalized spacial score (nSPS) is 19.1. The highest BCUT2D eigenvalue weighted by Gasteiger charge is 2.42. The summed E-state index contributed by atoms with van der Waals surface area (Å²) < 4.78 is 6.15. The van der Waals surface area contributed by atoms with E-state index < -0.39 is 0 Å². The number of piperidine rings is 1. The third-order valence-corrected chi connectivity index (χ3v) is 7.01. The molecule has 1 N–H and O–H groups in total. The van der Waals surface area contributed by atoms with E-state index in [0.717, 1.165) is 78.1 Å². The molecule has 160 valence electrons. The predicted molar refractivity (Wildman–Crippen MR) is 124 cm³/mol. The molecular formula is C26H27ClN2O2. The van der Waals surface area contributed by atoms with E-state index in [4.69, 9.17) is 4.74 Å². The van der Waals surface area contributed by atoms with Crippen molar-refractivity contribution in [2.75, 3.05) is 19.7 Å². The zero-order valence-electron chi connectivity index (χ0n) is 18.0. The Morgan fingerprint density at radius 2 is 1.87 bits per heavy atom. The molecule has 5 rings (SSSR count). The van der Waals surface area contributed by atoms with E-state index >= 15 is 0 Å². The SMILES string of the molecule is CC1(C)C2=C(C(=O)c3ccc(OCC4CCNCC4)cc31)c1ccc(C#N)cc1C2.Cl. The number of halogens is 1. The summed E-state index contributed by atoms with van der Waals surface area (Å²) in [5.41, 5.74) is 6.24. The van der Waals surface area contributed by atoms with Crippen molar-refractivity contribution >= 4 is 23.8 Å². The minimum atomic E-state index is -0.265. The lowest BCUT2D eigenvalue weighted by atomic mass is 9.68. The van der Waals surface area contributed by atoms with Crippen LogP contribution in [0.1, 0.15) is 59.3 Å². The van der Waals surface area contributed by atoms with E-state index in [1.54, 1.807) is 0 Å². The summed E-state index contributed by atoms with van der Waals surface area (Å²) >= 11 is 0. The largest absolute Gasteiger partial charge is 0.493 e. The Balaban J connectivity index is 0.00000231. The smallest absolute Gasteiger partial charge is 0.193 e. The fraction of sp³-hybridized carbons (Fsp3) is 0.385. The fourth-order valence-corrected chi connectivity index (χ4v) is 5.18. The number of carbonyl (C=O) groups excluding carboxylic acids is 1. The van der Waals surface area contributed by atoms with Crippen molar-refractivity contribution in [1.82, 2.24) is 5.32 Å². The first-order valence-electron chi connectivity index (χ1n) is 10.8. The lowest BCUT2D eigenvalue weighted by molar-refractivity contribution is 0.105. The van der Waals surface area contributed by atoms with Crippen molar-refractivity contribution < 1.29 is 9.53 Å². The van der Waals surface area contributed by atoms with Crippen molar-refractivity contribution in [1.29, 1.82) is 5.26 Å². The molecule has 31 heavy (non-hydrogen) atoms. The number of carbonyl (C=O) groups is 1. The molecule has 1 aliphatic heterocycles. The van der Waals surface area contributed by atoms with Gasteiger partial charge in [0.15, 0.2) is 5.78 Å². The maximum atomic E-state index is 13.4. The van der Waals surface area contributed by atoms with Gasteiger partial charge < -0.3 is 10.1 Å². The Kier molecular flexibility index (Phi) is 5.68. The summed E-state index contributed by atoms with van der Waals surface area (Å²) in [6.07, 6.45) is 3.01. The molecule has 5 heteroatoms. The summed E-state index contributed by atoms with van der Waals surface area (Å²) in [5.74, 6) is 1.53. The van der Waals surface area contributed by atoms with Crippen LogP contribution in [0.5, 0.6) is 5.75 Å². The van der Waals surface area contributed by atoms with Crippen LogP contribution in [0.3, 0.4) is 0 Å². The molecule has 1 saturated heterocycles. The van der Waals surface area contributed by atoms with Crippen molar-refractivity contribution in [2.45, 2.75) is 38.5 Å². The third-order valence-electron chi connectivity index (χ3n) is 7.01. The third kappa shape index (κ3) is 3.56. The minimum absolute atomic E-state index is 0. The van der Waals surface area contributed by atoms with E-state index in [9.17, 15) is 10.1 Å². The van der Waals surface area contributed by atoms with Gasteiger partial charge in [-0.15, -0.1) is 12.4 Å². The maximum absolute atomic E-state index is 13.4. The first-order chi connectivity index (χ1) is 14.5. The summed E-state index contributed by atoms with van der Waals surface area (Å²) in [4.78, 5) is 13.4. The fourth-order valence-electron chi connectivity index (χ4n) is 5.18. The second kappa shape index (κ2) is 8.15. The Labute approximate surface area is 189 Å². The molecule has 0 unspecified atom stereocenters. The van der Waals surface area contributed by atoms with Gasteiger partial charge >= 0.3 is 0 Å². The van der Waals surface area contributed by atoms with Gasteiger partial charge in [0.25, 0.3) is 0 Å². The number of nitriles is 1. The quantitative estimate of drug-likeness (QED) is 0.750. The molecule has 2 aliphatic carbocycles. The maximum Gasteiger partial charge on any atom is 0.193 e. The Morgan fingerprint density at radius 1 is 1.13 bits per heavy atom. The van der Waals surface area contributed by atoms with E-state index in [0.29, 0.717) is 11.5 Å². The van der Waals surface area contributed by atoms with Gasteiger partial charge in [0.05, 0.1) is 18.2 Å². The number of ketones is 1. The topological polar surface area (TPSA) is 62.1 Å². The highest BCUT2D eigenvalue weighted by molar-refractivity contribution is 6.33. The number of Topliss-reactive ketones (excluding diaryl/α,β-unsaturated/α-hetero) is 1. The zero-order valence-corrected chi connectivity index (χ0v) is 18.8. The van der Waals surface area contributed by atoms with Crippen LogP contribution in [-0.2, 0) is 11.8 Å². The summed E-state index contributed by atoms with van der Waals surface area (Å²) in [6, 6.07) is 13.8. The van der Waals surface area contributed by atoms with E-state index in [-0.39, 0.29) is 23.6 Å². The molecule has 0 atom stereocenters. The van der Waals surface area contributed by atoms with Crippen LogP contribution in [0.15, 0.2) is 42.0 Å². The predicted octanol–water partition coefficient (Wildman–Crippen LogP) is 4.84. The van der Waals surface area contributed by atoms with Crippen molar-refractivity contribution in [3.8, 4) is 11.8 Å². The lowest BCUT2D eigenvalue weighted by Crippen LogP contribution is -2.31. The summed E-state index contributed by atoms with van der Waals surface area (Å²) in [6.45, 7) is 7.24. The van der Waals surface area contributed by atoms with Gasteiger partial charge in [0, 0.05) is 16.6 Å². The van der Waals surface area contributed by atoms with Crippen LogP contribution in [0.25, 0.3) is 5.57 Å². The zero-order chi connectivity index (χ0) is 20.9. The van der Waals surface area contributed by atoms with Crippen LogP contribution < -0.4 is 10.1 Å². The molecule has 0 bridgehead atoms. The standard InChI is InChI=1S/C26H26N2O2.ClH/c1-26(2)22-13-19(30-15-16-7-9-28-10-8-16)4-6-21(22)25(29)24-20-5-3-17(14-27)11-18(20)12-23(24)26;/h3-6,11,13,16,28H,7-10,12,15H2,1-2H3;1H. The van der Waals surface area contributed by atoms with Gasteiger partial charge in [-0.3, -0.25) is 4.79 Å². The first-order valence-corrected chi connectivity index (χ1v) is 10.8. The molecular weight excluding hydrogens is 408 g/mol. The average molecular weight is 435 g/mol. The van der Waals surface area contributed by atoms with Gasteiger partial charge in [-0.05, 0) is 90.9 Å². The number of hydrogen-bond donors (Lipinski definition) is 1. The van der Waals surface area contributed by atoms with E-state index in [1.807, 2.05) is 30.3 Å². The molecule has 0 aromatic heterocycles. The number of ether oxygens (including phenoxy) is 1. The van der Waals surface area contributed by atoms with Gasteiger partial charge in [-0.25, -0.2) is 0 Å². The van der Waals surface area contributed by atoms with Gasteiger partial charge in [-0.2, -0.15) is 5.26 Å². The second-order valence-corrected chi connectivity index (χ2v) is 9.18. The number of nitrogens with one attached hydrogen (secondary N) is 1. The first kappa shape index (κ1) is 21.6. The average Bonchev–Trinajstić information content (AvgIpc) is 3.17. The van der Waals surface area contributed by atoms with Crippen LogP contribution in [0.2, 0.25) is 0 Å². The highest BCUT2D eigenvalue weighted by Crippen LogP contribution is 2.50. The van der Waals surface area contributed by atoms with Crippen LogP contribution in [-0.4, -0.2) is 25.5 Å². The highest BCUT2D eigenvalue weighted by atomic mass is 35.5. The van der Waals surface area contributed by atoms with Crippen LogP contribution in [0.4, 0.5) is 0 Å². The van der Waals surface area contributed by atoms with Crippen molar-refractivity contribution in [3.63, 3.8) is 0 Å². The van der Waals surface area contributed by atoms with E-state index in [1.165, 1.54) is 0 Å². The second-order valence-electron chi connectivity index (χ2n) is 9.18. The number of nitrogens with zero attached hydrogens (tertiary/aromatic N) is 1. The minimum Gasteiger partial charge on any atom is -0.493 e. The number of hydrogen-bond acceptors (Lipinski definition) is 4. The van der Waals surface area contributed by atoms with E-state index in [2.05, 4.69) is 31.3 Å². The Morgan fingerprint density at radius 3 is 2.61 bits per heavy atom. The lowest BCUT2D eigenvalue weighted by Gasteiger charge is -2.34. The molecule has 1 fully saturated rings. The monoisotopic (exact) mass is 434 g/mol.